The molecular weight excluding hydrogens is 264 g/mol. The van der Waals surface area contributed by atoms with Gasteiger partial charge in [0.1, 0.15) is 12.6 Å². The zero-order valence-corrected chi connectivity index (χ0v) is 11.2. The summed E-state index contributed by atoms with van der Waals surface area (Å²) >= 11 is 0. The molecule has 0 spiro atoms. The van der Waals surface area contributed by atoms with Gasteiger partial charge >= 0.3 is 18.0 Å². The van der Waals surface area contributed by atoms with Crippen molar-refractivity contribution >= 4 is 23.7 Å². The van der Waals surface area contributed by atoms with E-state index < -0.39 is 30.6 Å². The monoisotopic (exact) mass is 280 g/mol. The molecule has 1 rings (SSSR count). The van der Waals surface area contributed by atoms with E-state index in [0.29, 0.717) is 5.69 Å². The lowest BCUT2D eigenvalue weighted by molar-refractivity contribution is -0.142. The van der Waals surface area contributed by atoms with E-state index in [1.165, 1.54) is 14.0 Å². The van der Waals surface area contributed by atoms with E-state index in [2.05, 4.69) is 10.1 Å². The Balaban J connectivity index is 2.86. The number of hydrogen-bond donors (Lipinski definition) is 2. The first-order chi connectivity index (χ1) is 9.45. The quantitative estimate of drug-likeness (QED) is 0.779. The van der Waals surface area contributed by atoms with Crippen LogP contribution in [0.1, 0.15) is 6.92 Å². The Kier molecular flexibility index (Phi) is 5.52. The number of esters is 1. The Morgan fingerprint density at radius 1 is 1.30 bits per heavy atom. The Labute approximate surface area is 116 Å². The van der Waals surface area contributed by atoms with Gasteiger partial charge in [0.05, 0.1) is 7.11 Å². The SMILES string of the molecule is COC(=O)C(C)NC(=O)N(CC(=O)O)c1ccccc1. The van der Waals surface area contributed by atoms with Crippen LogP contribution in [0.25, 0.3) is 0 Å². The predicted molar refractivity (Wildman–Crippen MR) is 71.4 cm³/mol. The first kappa shape index (κ1) is 15.5. The second kappa shape index (κ2) is 7.13. The molecule has 0 saturated carbocycles. The first-order valence-electron chi connectivity index (χ1n) is 5.88. The molecule has 108 valence electrons. The van der Waals surface area contributed by atoms with Crippen LogP contribution in [0.4, 0.5) is 10.5 Å². The minimum atomic E-state index is -1.16. The topological polar surface area (TPSA) is 95.9 Å². The predicted octanol–water partition coefficient (Wildman–Crippen LogP) is 0.849. The lowest BCUT2D eigenvalue weighted by Crippen LogP contribution is -2.48. The van der Waals surface area contributed by atoms with Gasteiger partial charge in [-0.3, -0.25) is 9.69 Å². The molecule has 0 aliphatic rings. The summed E-state index contributed by atoms with van der Waals surface area (Å²) in [6.07, 6.45) is 0. The van der Waals surface area contributed by atoms with Crippen molar-refractivity contribution in [2.75, 3.05) is 18.6 Å². The molecule has 0 aliphatic carbocycles. The average Bonchev–Trinajstić information content (AvgIpc) is 2.44. The number of rotatable bonds is 5. The number of carboxylic acids is 1. The van der Waals surface area contributed by atoms with Crippen LogP contribution in [-0.2, 0) is 14.3 Å². The zero-order chi connectivity index (χ0) is 15.1. The van der Waals surface area contributed by atoms with Crippen LogP contribution in [0.3, 0.4) is 0 Å². The Hall–Kier alpha value is -2.57. The van der Waals surface area contributed by atoms with E-state index in [4.69, 9.17) is 5.11 Å². The molecule has 2 amide bonds. The van der Waals surface area contributed by atoms with Crippen molar-refractivity contribution in [1.29, 1.82) is 0 Å². The van der Waals surface area contributed by atoms with Crippen molar-refractivity contribution in [3.05, 3.63) is 30.3 Å². The van der Waals surface area contributed by atoms with Crippen LogP contribution >= 0.6 is 0 Å². The molecule has 0 aromatic heterocycles. The standard InChI is InChI=1S/C13H16N2O5/c1-9(12(18)20-2)14-13(19)15(8-11(16)17)10-6-4-3-5-7-10/h3-7,9H,8H2,1-2H3,(H,14,19)(H,16,17). The molecule has 0 bridgehead atoms. The number of anilines is 1. The highest BCUT2D eigenvalue weighted by Crippen LogP contribution is 2.13. The van der Waals surface area contributed by atoms with Crippen LogP contribution in [0, 0.1) is 0 Å². The summed E-state index contributed by atoms with van der Waals surface area (Å²) in [6.45, 7) is 0.942. The summed E-state index contributed by atoms with van der Waals surface area (Å²) in [5.74, 6) is -1.77. The van der Waals surface area contributed by atoms with Gasteiger partial charge in [0.2, 0.25) is 0 Å². The van der Waals surface area contributed by atoms with Crippen LogP contribution in [-0.4, -0.2) is 42.8 Å². The number of ether oxygens (including phenoxy) is 1. The number of carbonyl (C=O) groups excluding carboxylic acids is 2. The first-order valence-corrected chi connectivity index (χ1v) is 5.88. The second-order valence-electron chi connectivity index (χ2n) is 4.01. The Morgan fingerprint density at radius 2 is 1.90 bits per heavy atom. The summed E-state index contributed by atoms with van der Waals surface area (Å²) in [4.78, 5) is 35.2. The molecule has 7 nitrogen and oxygen atoms in total. The van der Waals surface area contributed by atoms with Crippen molar-refractivity contribution in [3.8, 4) is 0 Å². The molecule has 0 aliphatic heterocycles. The van der Waals surface area contributed by atoms with Crippen molar-refractivity contribution < 1.29 is 24.2 Å². The lowest BCUT2D eigenvalue weighted by Gasteiger charge is -2.23. The molecule has 2 N–H and O–H groups in total. The number of nitrogens with zero attached hydrogens (tertiary/aromatic N) is 1. The van der Waals surface area contributed by atoms with Crippen molar-refractivity contribution in [2.24, 2.45) is 0 Å². The van der Waals surface area contributed by atoms with Crippen LogP contribution in [0.2, 0.25) is 0 Å². The highest BCUT2D eigenvalue weighted by molar-refractivity contribution is 5.98. The number of amides is 2. The number of hydrogen-bond acceptors (Lipinski definition) is 4. The lowest BCUT2D eigenvalue weighted by atomic mass is 10.3. The Morgan fingerprint density at radius 3 is 2.40 bits per heavy atom. The van der Waals surface area contributed by atoms with Crippen LogP contribution < -0.4 is 10.2 Å². The number of nitrogens with one attached hydrogen (secondary N) is 1. The van der Waals surface area contributed by atoms with Crippen molar-refractivity contribution in [2.45, 2.75) is 13.0 Å². The number of aliphatic carboxylic acids is 1. The second-order valence-corrected chi connectivity index (χ2v) is 4.01. The highest BCUT2D eigenvalue weighted by atomic mass is 16.5. The van der Waals surface area contributed by atoms with Crippen molar-refractivity contribution in [3.63, 3.8) is 0 Å². The fraction of sp³-hybridized carbons (Fsp3) is 0.308. The number of urea groups is 1. The van der Waals surface area contributed by atoms with Gasteiger partial charge in [-0.25, -0.2) is 9.59 Å². The van der Waals surface area contributed by atoms with E-state index >= 15 is 0 Å². The summed E-state index contributed by atoms with van der Waals surface area (Å²) in [5.41, 5.74) is 0.421. The van der Waals surface area contributed by atoms with Gasteiger partial charge < -0.3 is 15.2 Å². The van der Waals surface area contributed by atoms with Gasteiger partial charge in [-0.1, -0.05) is 18.2 Å². The maximum atomic E-state index is 12.1. The number of carboxylic acid groups (broad SMARTS) is 1. The maximum Gasteiger partial charge on any atom is 0.328 e. The van der Waals surface area contributed by atoms with Gasteiger partial charge in [0.15, 0.2) is 0 Å². The molecule has 20 heavy (non-hydrogen) atoms. The smallest absolute Gasteiger partial charge is 0.328 e. The fourth-order valence-corrected chi connectivity index (χ4v) is 1.52. The van der Waals surface area contributed by atoms with Crippen LogP contribution in [0.5, 0.6) is 0 Å². The molecule has 0 fully saturated rings. The Bertz CT molecular complexity index is 489. The average molecular weight is 280 g/mol. The molecule has 0 radical (unpaired) electrons. The molecule has 0 saturated heterocycles. The zero-order valence-electron chi connectivity index (χ0n) is 11.2. The van der Waals surface area contributed by atoms with E-state index in [1.54, 1.807) is 30.3 Å². The van der Waals surface area contributed by atoms with E-state index in [-0.39, 0.29) is 0 Å². The third-order valence-electron chi connectivity index (χ3n) is 2.50. The summed E-state index contributed by atoms with van der Waals surface area (Å²) in [7, 11) is 1.21. The van der Waals surface area contributed by atoms with Gasteiger partial charge in [0, 0.05) is 5.69 Å². The fourth-order valence-electron chi connectivity index (χ4n) is 1.52. The van der Waals surface area contributed by atoms with E-state index in [9.17, 15) is 14.4 Å². The number of benzene rings is 1. The van der Waals surface area contributed by atoms with Gasteiger partial charge in [0.25, 0.3) is 0 Å². The molecule has 7 heteroatoms. The van der Waals surface area contributed by atoms with Gasteiger partial charge in [-0.15, -0.1) is 0 Å². The number of para-hydroxylation sites is 1. The molecule has 1 atom stereocenters. The summed E-state index contributed by atoms with van der Waals surface area (Å²) < 4.78 is 4.49. The maximum absolute atomic E-state index is 12.1. The van der Waals surface area contributed by atoms with Gasteiger partial charge in [-0.2, -0.15) is 0 Å². The molecule has 1 unspecified atom stereocenters. The number of methoxy groups -OCH3 is 1. The normalized spacial score (nSPS) is 11.3. The third-order valence-corrected chi connectivity index (χ3v) is 2.50. The highest BCUT2D eigenvalue weighted by Gasteiger charge is 2.23. The van der Waals surface area contributed by atoms with Crippen LogP contribution in [0.15, 0.2) is 30.3 Å². The third kappa shape index (κ3) is 4.27. The minimum absolute atomic E-state index is 0.421. The molecule has 0 heterocycles. The summed E-state index contributed by atoms with van der Waals surface area (Å²) in [6, 6.07) is 6.76. The van der Waals surface area contributed by atoms with Gasteiger partial charge in [-0.05, 0) is 19.1 Å². The minimum Gasteiger partial charge on any atom is -0.480 e. The molecular formula is C13H16N2O5. The largest absolute Gasteiger partial charge is 0.480 e. The number of carbonyl (C=O) groups is 3. The van der Waals surface area contributed by atoms with E-state index in [1.807, 2.05) is 0 Å². The molecule has 1 aromatic carbocycles. The van der Waals surface area contributed by atoms with E-state index in [0.717, 1.165) is 4.90 Å². The summed E-state index contributed by atoms with van der Waals surface area (Å²) in [5, 5.41) is 11.3. The van der Waals surface area contributed by atoms with Crippen molar-refractivity contribution in [1.82, 2.24) is 5.32 Å². The molecule has 1 aromatic rings.